The van der Waals surface area contributed by atoms with Gasteiger partial charge in [-0.1, -0.05) is 39.3 Å². The van der Waals surface area contributed by atoms with Gasteiger partial charge in [0.1, 0.15) is 0 Å². The van der Waals surface area contributed by atoms with Gasteiger partial charge in [0, 0.05) is 35.8 Å². The van der Waals surface area contributed by atoms with Crippen molar-refractivity contribution in [3.63, 3.8) is 0 Å². The van der Waals surface area contributed by atoms with Crippen LogP contribution in [0.1, 0.15) is 0 Å². The summed E-state index contributed by atoms with van der Waals surface area (Å²) in [6.45, 7) is 0. The minimum Gasteiger partial charge on any atom is -0.360 e. The number of benzene rings is 2. The second-order valence-corrected chi connectivity index (χ2v) is 7.31. The number of hydrogen-bond acceptors (Lipinski definition) is 1. The van der Waals surface area contributed by atoms with Crippen molar-refractivity contribution in [1.82, 2.24) is 4.98 Å². The topological polar surface area (TPSA) is 15.8 Å². The minimum atomic E-state index is 0.717. The van der Waals surface area contributed by atoms with Crippen LogP contribution in [0.2, 0.25) is 5.02 Å². The molecule has 0 saturated heterocycles. The summed E-state index contributed by atoms with van der Waals surface area (Å²) < 4.78 is 2.00. The predicted molar refractivity (Wildman–Crippen MR) is 89.3 cm³/mol. The first-order valence-corrected chi connectivity index (χ1v) is 8.31. The van der Waals surface area contributed by atoms with Crippen LogP contribution in [0.25, 0.3) is 10.9 Å². The average molecular weight is 418 g/mol. The zero-order chi connectivity index (χ0) is 13.4. The van der Waals surface area contributed by atoms with E-state index in [1.807, 2.05) is 24.4 Å². The predicted octanol–water partition coefficient (Wildman–Crippen LogP) is 6.50. The molecular weight excluding hydrogens is 409 g/mol. The SMILES string of the molecule is Clc1cc2[nH]cc(Sc3ccc(Br)cc3)c2cc1Br. The Morgan fingerprint density at radius 3 is 2.53 bits per heavy atom. The van der Waals surface area contributed by atoms with Crippen molar-refractivity contribution in [3.05, 3.63) is 56.6 Å². The van der Waals surface area contributed by atoms with Gasteiger partial charge in [0.25, 0.3) is 0 Å². The second kappa shape index (κ2) is 5.52. The molecule has 3 rings (SSSR count). The fourth-order valence-electron chi connectivity index (χ4n) is 1.81. The van der Waals surface area contributed by atoms with Gasteiger partial charge in [0.15, 0.2) is 0 Å². The Morgan fingerprint density at radius 1 is 1.05 bits per heavy atom. The number of rotatable bonds is 2. The summed E-state index contributed by atoms with van der Waals surface area (Å²) >= 11 is 14.7. The lowest BCUT2D eigenvalue weighted by Crippen LogP contribution is -1.74. The number of nitrogens with one attached hydrogen (secondary N) is 1. The van der Waals surface area contributed by atoms with Crippen LogP contribution in [0.5, 0.6) is 0 Å². The van der Waals surface area contributed by atoms with Gasteiger partial charge < -0.3 is 4.98 Å². The van der Waals surface area contributed by atoms with Gasteiger partial charge in [-0.15, -0.1) is 0 Å². The van der Waals surface area contributed by atoms with Crippen LogP contribution in [0.3, 0.4) is 0 Å². The van der Waals surface area contributed by atoms with Crippen LogP contribution >= 0.6 is 55.2 Å². The highest BCUT2D eigenvalue weighted by atomic mass is 79.9. The number of aromatic nitrogens is 1. The number of aromatic amines is 1. The van der Waals surface area contributed by atoms with E-state index < -0.39 is 0 Å². The number of fused-ring (bicyclic) bond motifs is 1. The molecule has 1 N–H and O–H groups in total. The molecule has 0 amide bonds. The molecule has 3 aromatic rings. The lowest BCUT2D eigenvalue weighted by Gasteiger charge is -2.01. The van der Waals surface area contributed by atoms with Crippen molar-refractivity contribution in [3.8, 4) is 0 Å². The van der Waals surface area contributed by atoms with E-state index in [2.05, 4.69) is 55.0 Å². The van der Waals surface area contributed by atoms with Gasteiger partial charge in [0.2, 0.25) is 0 Å². The maximum absolute atomic E-state index is 6.10. The zero-order valence-corrected chi connectivity index (χ0v) is 14.3. The van der Waals surface area contributed by atoms with Crippen molar-refractivity contribution >= 4 is 66.1 Å². The molecule has 0 saturated carbocycles. The monoisotopic (exact) mass is 415 g/mol. The van der Waals surface area contributed by atoms with E-state index in [4.69, 9.17) is 11.6 Å². The lowest BCUT2D eigenvalue weighted by molar-refractivity contribution is 1.39. The molecular formula is C14H8Br2ClNS. The van der Waals surface area contributed by atoms with E-state index in [-0.39, 0.29) is 0 Å². The molecule has 5 heteroatoms. The Kier molecular flexibility index (Phi) is 3.94. The molecule has 0 spiro atoms. The third kappa shape index (κ3) is 2.87. The molecule has 0 fully saturated rings. The molecule has 96 valence electrons. The Bertz CT molecular complexity index is 737. The highest BCUT2D eigenvalue weighted by molar-refractivity contribution is 9.10. The van der Waals surface area contributed by atoms with E-state index in [1.165, 1.54) is 15.2 Å². The van der Waals surface area contributed by atoms with Gasteiger partial charge in [0.05, 0.1) is 5.02 Å². The van der Waals surface area contributed by atoms with Crippen molar-refractivity contribution in [2.24, 2.45) is 0 Å². The highest BCUT2D eigenvalue weighted by Crippen LogP contribution is 2.37. The lowest BCUT2D eigenvalue weighted by atomic mass is 10.2. The van der Waals surface area contributed by atoms with Crippen molar-refractivity contribution in [1.29, 1.82) is 0 Å². The van der Waals surface area contributed by atoms with Crippen LogP contribution in [-0.2, 0) is 0 Å². The van der Waals surface area contributed by atoms with E-state index in [0.29, 0.717) is 0 Å². The van der Waals surface area contributed by atoms with Crippen LogP contribution < -0.4 is 0 Å². The normalized spacial score (nSPS) is 11.1. The zero-order valence-electron chi connectivity index (χ0n) is 9.58. The summed E-state index contributed by atoms with van der Waals surface area (Å²) in [6, 6.07) is 12.3. The van der Waals surface area contributed by atoms with E-state index >= 15 is 0 Å². The standard InChI is InChI=1S/C14H8Br2ClNS/c15-8-1-3-9(4-2-8)19-14-7-18-13-6-12(17)11(16)5-10(13)14/h1-7,18H. The Balaban J connectivity index is 2.01. The van der Waals surface area contributed by atoms with Gasteiger partial charge in [-0.3, -0.25) is 0 Å². The molecule has 0 unspecified atom stereocenters. The molecule has 1 nitrogen and oxygen atoms in total. The molecule has 2 aromatic carbocycles. The van der Waals surface area contributed by atoms with E-state index in [9.17, 15) is 0 Å². The molecule has 0 atom stereocenters. The fourth-order valence-corrected chi connectivity index (χ4v) is 3.50. The molecule has 0 bridgehead atoms. The largest absolute Gasteiger partial charge is 0.360 e. The van der Waals surface area contributed by atoms with Crippen molar-refractivity contribution < 1.29 is 0 Å². The van der Waals surface area contributed by atoms with Crippen molar-refractivity contribution in [2.75, 3.05) is 0 Å². The molecule has 1 heterocycles. The van der Waals surface area contributed by atoms with Gasteiger partial charge in [-0.25, -0.2) is 0 Å². The average Bonchev–Trinajstić information content (AvgIpc) is 2.76. The third-order valence-corrected chi connectivity index (χ3v) is 5.52. The Hall–Kier alpha value is -0.420. The molecule has 0 radical (unpaired) electrons. The quantitative estimate of drug-likeness (QED) is 0.503. The first-order chi connectivity index (χ1) is 9.13. The second-order valence-electron chi connectivity index (χ2n) is 4.02. The minimum absolute atomic E-state index is 0.717. The smallest absolute Gasteiger partial charge is 0.0569 e. The Morgan fingerprint density at radius 2 is 1.79 bits per heavy atom. The molecule has 0 aliphatic carbocycles. The molecule has 19 heavy (non-hydrogen) atoms. The summed E-state index contributed by atoms with van der Waals surface area (Å²) in [6.07, 6.45) is 2.01. The fraction of sp³-hybridized carbons (Fsp3) is 0. The summed E-state index contributed by atoms with van der Waals surface area (Å²) in [4.78, 5) is 5.65. The van der Waals surface area contributed by atoms with E-state index in [0.717, 1.165) is 19.5 Å². The highest BCUT2D eigenvalue weighted by Gasteiger charge is 2.08. The first kappa shape index (κ1) is 13.6. The van der Waals surface area contributed by atoms with Crippen molar-refractivity contribution in [2.45, 2.75) is 9.79 Å². The summed E-state index contributed by atoms with van der Waals surface area (Å²) in [5.74, 6) is 0. The van der Waals surface area contributed by atoms with Crippen LogP contribution in [0, 0.1) is 0 Å². The van der Waals surface area contributed by atoms with Crippen LogP contribution in [0.15, 0.2) is 61.3 Å². The molecule has 1 aromatic heterocycles. The Labute approximate surface area is 137 Å². The van der Waals surface area contributed by atoms with Crippen LogP contribution in [0.4, 0.5) is 0 Å². The van der Waals surface area contributed by atoms with Gasteiger partial charge >= 0.3 is 0 Å². The summed E-state index contributed by atoms with van der Waals surface area (Å²) in [5, 5.41) is 1.89. The number of hydrogen-bond donors (Lipinski definition) is 1. The molecule has 0 aliphatic heterocycles. The van der Waals surface area contributed by atoms with Gasteiger partial charge in [-0.05, 0) is 52.3 Å². The maximum atomic E-state index is 6.10. The van der Waals surface area contributed by atoms with Crippen LogP contribution in [-0.4, -0.2) is 4.98 Å². The van der Waals surface area contributed by atoms with E-state index in [1.54, 1.807) is 11.8 Å². The summed E-state index contributed by atoms with van der Waals surface area (Å²) in [7, 11) is 0. The third-order valence-electron chi connectivity index (χ3n) is 2.73. The summed E-state index contributed by atoms with van der Waals surface area (Å²) in [5.41, 5.74) is 1.05. The number of halogens is 3. The number of H-pyrrole nitrogens is 1. The molecule has 0 aliphatic rings. The first-order valence-electron chi connectivity index (χ1n) is 5.53. The van der Waals surface area contributed by atoms with Gasteiger partial charge in [-0.2, -0.15) is 0 Å². The maximum Gasteiger partial charge on any atom is 0.0569 e.